The number of nitro groups is 1. The van der Waals surface area contributed by atoms with Crippen LogP contribution in [0.25, 0.3) is 0 Å². The van der Waals surface area contributed by atoms with Gasteiger partial charge in [0.25, 0.3) is 0 Å². The van der Waals surface area contributed by atoms with Gasteiger partial charge in [-0.15, -0.1) is 11.8 Å². The number of rotatable bonds is 5. The summed E-state index contributed by atoms with van der Waals surface area (Å²) in [5.74, 6) is -2.07. The monoisotopic (exact) mass is 310 g/mol. The van der Waals surface area contributed by atoms with Crippen molar-refractivity contribution >= 4 is 23.4 Å². The maximum atomic E-state index is 12.5. The van der Waals surface area contributed by atoms with Crippen molar-refractivity contribution in [2.75, 3.05) is 5.75 Å². The van der Waals surface area contributed by atoms with E-state index in [0.717, 1.165) is 0 Å². The van der Waals surface area contributed by atoms with Gasteiger partial charge in [0.1, 0.15) is 11.9 Å². The highest BCUT2D eigenvalue weighted by Gasteiger charge is 2.34. The number of nitrogens with zero attached hydrogens (tertiary/aromatic N) is 2. The number of carboxylic acids is 1. The molecule has 6 nitrogen and oxygen atoms in total. The summed E-state index contributed by atoms with van der Waals surface area (Å²) in [5.41, 5.74) is -1.84. The third kappa shape index (κ3) is 4.08. The number of pyridine rings is 1. The van der Waals surface area contributed by atoms with Crippen molar-refractivity contribution in [1.82, 2.24) is 4.98 Å². The first-order valence-corrected chi connectivity index (χ1v) is 6.18. The van der Waals surface area contributed by atoms with Gasteiger partial charge in [0.2, 0.25) is 0 Å². The quantitative estimate of drug-likeness (QED) is 0.510. The fourth-order valence-electron chi connectivity index (χ4n) is 1.12. The topological polar surface area (TPSA) is 93.3 Å². The largest absolute Gasteiger partial charge is 0.481 e. The predicted molar refractivity (Wildman–Crippen MR) is 63.4 cm³/mol. The van der Waals surface area contributed by atoms with Crippen molar-refractivity contribution in [2.24, 2.45) is 5.92 Å². The molecule has 0 aliphatic carbocycles. The SMILES string of the molecule is CC(CSc1cc(C(F)(F)F)ncc1[N+](=O)[O-])C(=O)O. The van der Waals surface area contributed by atoms with Crippen LogP contribution in [0.4, 0.5) is 18.9 Å². The van der Waals surface area contributed by atoms with Gasteiger partial charge in [0.05, 0.1) is 15.7 Å². The molecule has 20 heavy (non-hydrogen) atoms. The zero-order valence-corrected chi connectivity index (χ0v) is 10.9. The number of halogens is 3. The van der Waals surface area contributed by atoms with Crippen molar-refractivity contribution in [2.45, 2.75) is 18.0 Å². The summed E-state index contributed by atoms with van der Waals surface area (Å²) in [7, 11) is 0. The smallest absolute Gasteiger partial charge is 0.433 e. The summed E-state index contributed by atoms with van der Waals surface area (Å²) in [5, 5.41) is 19.4. The molecule has 0 aromatic carbocycles. The molecule has 1 heterocycles. The molecule has 0 saturated carbocycles. The number of hydrogen-bond acceptors (Lipinski definition) is 5. The van der Waals surface area contributed by atoms with Crippen molar-refractivity contribution in [3.8, 4) is 0 Å². The maximum absolute atomic E-state index is 12.5. The number of thioether (sulfide) groups is 1. The highest BCUT2D eigenvalue weighted by molar-refractivity contribution is 7.99. The number of carboxylic acid groups (broad SMARTS) is 1. The van der Waals surface area contributed by atoms with E-state index >= 15 is 0 Å². The Hall–Kier alpha value is -1.84. The van der Waals surface area contributed by atoms with E-state index in [4.69, 9.17) is 5.11 Å². The number of aromatic nitrogens is 1. The van der Waals surface area contributed by atoms with Crippen LogP contribution in [0.2, 0.25) is 0 Å². The molecule has 0 spiro atoms. The second kappa shape index (κ2) is 6.07. The van der Waals surface area contributed by atoms with E-state index in [1.165, 1.54) is 6.92 Å². The second-order valence-electron chi connectivity index (χ2n) is 3.84. The van der Waals surface area contributed by atoms with Crippen molar-refractivity contribution in [3.05, 3.63) is 28.1 Å². The summed E-state index contributed by atoms with van der Waals surface area (Å²) in [4.78, 5) is 23.2. The van der Waals surface area contributed by atoms with Gasteiger partial charge in [0.15, 0.2) is 0 Å². The van der Waals surface area contributed by atoms with E-state index < -0.39 is 34.4 Å². The van der Waals surface area contributed by atoms with E-state index in [9.17, 15) is 28.1 Å². The predicted octanol–water partition coefficient (Wildman–Crippen LogP) is 2.82. The van der Waals surface area contributed by atoms with Crippen molar-refractivity contribution < 1.29 is 28.0 Å². The first kappa shape index (κ1) is 16.2. The Kier molecular flexibility index (Phi) is 4.93. The number of carbonyl (C=O) groups is 1. The Labute approximate surface area is 115 Å². The number of aliphatic carboxylic acids is 1. The Balaban J connectivity index is 3.07. The lowest BCUT2D eigenvalue weighted by Crippen LogP contribution is -2.12. The fourth-order valence-corrected chi connectivity index (χ4v) is 2.17. The molecule has 0 saturated heterocycles. The van der Waals surface area contributed by atoms with Gasteiger partial charge in [-0.25, -0.2) is 4.98 Å². The Bertz CT molecular complexity index is 536. The standard InChI is InChI=1S/C10H9F3N2O4S/c1-5(9(16)17)4-20-7-2-8(10(11,12)13)14-3-6(7)15(18)19/h2-3,5H,4H2,1H3,(H,16,17). The average molecular weight is 310 g/mol. The van der Waals surface area contributed by atoms with Crippen LogP contribution < -0.4 is 0 Å². The van der Waals surface area contributed by atoms with Crippen LogP contribution in [-0.2, 0) is 11.0 Å². The molecule has 1 rings (SSSR count). The number of alkyl halides is 3. The van der Waals surface area contributed by atoms with Gasteiger partial charge in [-0.2, -0.15) is 13.2 Å². The molecule has 1 atom stereocenters. The van der Waals surface area contributed by atoms with Crippen molar-refractivity contribution in [1.29, 1.82) is 0 Å². The highest BCUT2D eigenvalue weighted by atomic mass is 32.2. The summed E-state index contributed by atoms with van der Waals surface area (Å²) in [6, 6.07) is 0.553. The summed E-state index contributed by atoms with van der Waals surface area (Å²) >= 11 is 0.680. The molecular formula is C10H9F3N2O4S. The van der Waals surface area contributed by atoms with Crippen LogP contribution in [0.3, 0.4) is 0 Å². The average Bonchev–Trinajstić information content (AvgIpc) is 2.34. The molecule has 0 amide bonds. The van der Waals surface area contributed by atoms with Crippen LogP contribution in [0, 0.1) is 16.0 Å². The molecule has 1 N–H and O–H groups in total. The van der Waals surface area contributed by atoms with Crippen LogP contribution >= 0.6 is 11.8 Å². The first-order valence-electron chi connectivity index (χ1n) is 5.20. The van der Waals surface area contributed by atoms with E-state index in [0.29, 0.717) is 24.0 Å². The van der Waals surface area contributed by atoms with Gasteiger partial charge in [-0.1, -0.05) is 6.92 Å². The summed E-state index contributed by atoms with van der Waals surface area (Å²) in [6.45, 7) is 1.35. The van der Waals surface area contributed by atoms with E-state index in [-0.39, 0.29) is 10.6 Å². The zero-order valence-electron chi connectivity index (χ0n) is 10.0. The molecule has 1 aromatic rings. The molecule has 0 aliphatic heterocycles. The van der Waals surface area contributed by atoms with Crippen LogP contribution in [0.15, 0.2) is 17.2 Å². The lowest BCUT2D eigenvalue weighted by Gasteiger charge is -2.09. The third-order valence-electron chi connectivity index (χ3n) is 2.24. The lowest BCUT2D eigenvalue weighted by molar-refractivity contribution is -0.388. The fraction of sp³-hybridized carbons (Fsp3) is 0.400. The van der Waals surface area contributed by atoms with Crippen LogP contribution in [0.5, 0.6) is 0 Å². The Morgan fingerprint density at radius 2 is 2.20 bits per heavy atom. The van der Waals surface area contributed by atoms with Gasteiger partial charge in [-0.05, 0) is 6.07 Å². The van der Waals surface area contributed by atoms with Gasteiger partial charge >= 0.3 is 17.8 Å². The van der Waals surface area contributed by atoms with Gasteiger partial charge < -0.3 is 5.11 Å². The molecule has 0 radical (unpaired) electrons. The van der Waals surface area contributed by atoms with Gasteiger partial charge in [0, 0.05) is 5.75 Å². The third-order valence-corrected chi connectivity index (χ3v) is 3.55. The van der Waals surface area contributed by atoms with E-state index in [1.54, 1.807) is 0 Å². The Morgan fingerprint density at radius 1 is 1.60 bits per heavy atom. The minimum absolute atomic E-state index is 0.0858. The Morgan fingerprint density at radius 3 is 2.65 bits per heavy atom. The lowest BCUT2D eigenvalue weighted by atomic mass is 10.2. The molecule has 1 aromatic heterocycles. The van der Waals surface area contributed by atoms with E-state index in [2.05, 4.69) is 4.98 Å². The zero-order chi connectivity index (χ0) is 15.5. The highest BCUT2D eigenvalue weighted by Crippen LogP contribution is 2.35. The molecule has 10 heteroatoms. The minimum Gasteiger partial charge on any atom is -0.481 e. The van der Waals surface area contributed by atoms with Crippen LogP contribution in [0.1, 0.15) is 12.6 Å². The minimum atomic E-state index is -4.72. The normalized spacial score (nSPS) is 13.0. The molecule has 0 fully saturated rings. The van der Waals surface area contributed by atoms with E-state index in [1.807, 2.05) is 0 Å². The summed E-state index contributed by atoms with van der Waals surface area (Å²) in [6.07, 6.45) is -4.19. The first-order chi connectivity index (χ1) is 9.12. The summed E-state index contributed by atoms with van der Waals surface area (Å²) < 4.78 is 37.5. The van der Waals surface area contributed by atoms with Crippen molar-refractivity contribution in [3.63, 3.8) is 0 Å². The number of hydrogen-bond donors (Lipinski definition) is 1. The molecule has 0 bridgehead atoms. The molecule has 110 valence electrons. The van der Waals surface area contributed by atoms with Gasteiger partial charge in [-0.3, -0.25) is 14.9 Å². The maximum Gasteiger partial charge on any atom is 0.433 e. The molecular weight excluding hydrogens is 301 g/mol. The molecule has 0 aliphatic rings. The molecule has 1 unspecified atom stereocenters. The second-order valence-corrected chi connectivity index (χ2v) is 4.90. The van der Waals surface area contributed by atoms with Crippen LogP contribution in [-0.4, -0.2) is 26.7 Å².